The quantitative estimate of drug-likeness (QED) is 0.818. The van der Waals surface area contributed by atoms with Crippen molar-refractivity contribution in [3.63, 3.8) is 0 Å². The summed E-state index contributed by atoms with van der Waals surface area (Å²) >= 11 is 0. The molecule has 1 aromatic rings. The average Bonchev–Trinajstić information content (AvgIpc) is 3.28. The maximum atomic E-state index is 12.6. The highest BCUT2D eigenvalue weighted by molar-refractivity contribution is 6.13. The Hall–Kier alpha value is -1.84. The molecule has 1 aliphatic rings. The summed E-state index contributed by atoms with van der Waals surface area (Å²) in [5.74, 6) is 0.329. The number of anilines is 1. The van der Waals surface area contributed by atoms with E-state index in [4.69, 9.17) is 0 Å². The largest absolute Gasteiger partial charge is 0.355 e. The molecule has 1 fully saturated rings. The molecule has 1 N–H and O–H groups in total. The van der Waals surface area contributed by atoms with Gasteiger partial charge in [0.1, 0.15) is 5.41 Å². The summed E-state index contributed by atoms with van der Waals surface area (Å²) in [6.07, 6.45) is 2.23. The molecule has 0 atom stereocenters. The molecule has 2 amide bonds. The van der Waals surface area contributed by atoms with Crippen LogP contribution in [0.4, 0.5) is 5.69 Å². The highest BCUT2D eigenvalue weighted by atomic mass is 16.2. The molecule has 0 spiro atoms. The third-order valence-corrected chi connectivity index (χ3v) is 4.05. The van der Waals surface area contributed by atoms with Crippen LogP contribution in [0.5, 0.6) is 0 Å². The fraction of sp³-hybridized carbons (Fsp3) is 0.529. The van der Waals surface area contributed by atoms with Gasteiger partial charge in [0, 0.05) is 19.3 Å². The maximum Gasteiger partial charge on any atom is 0.242 e. The molecule has 4 nitrogen and oxygen atoms in total. The molecule has 1 aromatic carbocycles. The fourth-order valence-electron chi connectivity index (χ4n) is 2.40. The minimum Gasteiger partial charge on any atom is -0.355 e. The number of nitrogens with one attached hydrogen (secondary N) is 1. The van der Waals surface area contributed by atoms with Gasteiger partial charge in [-0.2, -0.15) is 0 Å². The Balaban J connectivity index is 1.99. The summed E-state index contributed by atoms with van der Waals surface area (Å²) in [6, 6.07) is 9.45. The van der Waals surface area contributed by atoms with Crippen LogP contribution in [0.3, 0.4) is 0 Å². The number of nitrogens with zero attached hydrogens (tertiary/aromatic N) is 1. The second kappa shape index (κ2) is 6.29. The molecule has 0 saturated heterocycles. The van der Waals surface area contributed by atoms with Crippen LogP contribution in [0.2, 0.25) is 0 Å². The van der Waals surface area contributed by atoms with Crippen LogP contribution in [-0.2, 0) is 9.59 Å². The van der Waals surface area contributed by atoms with E-state index >= 15 is 0 Å². The van der Waals surface area contributed by atoms with E-state index in [0.29, 0.717) is 25.3 Å². The van der Waals surface area contributed by atoms with Crippen LogP contribution in [0.1, 0.15) is 33.1 Å². The first kappa shape index (κ1) is 15.5. The van der Waals surface area contributed by atoms with E-state index in [2.05, 4.69) is 19.2 Å². The Morgan fingerprint density at radius 2 is 1.86 bits per heavy atom. The van der Waals surface area contributed by atoms with Crippen molar-refractivity contribution in [2.75, 3.05) is 18.5 Å². The summed E-state index contributed by atoms with van der Waals surface area (Å²) in [5, 5.41) is 2.92. The highest BCUT2D eigenvalue weighted by Gasteiger charge is 2.57. The number of amides is 2. The minimum absolute atomic E-state index is 0.101. The Kier molecular flexibility index (Phi) is 4.66. The van der Waals surface area contributed by atoms with E-state index in [-0.39, 0.29) is 11.8 Å². The van der Waals surface area contributed by atoms with E-state index in [0.717, 1.165) is 12.1 Å². The van der Waals surface area contributed by atoms with E-state index in [1.54, 1.807) is 11.9 Å². The first-order chi connectivity index (χ1) is 9.97. The summed E-state index contributed by atoms with van der Waals surface area (Å²) < 4.78 is 0. The molecule has 0 unspecified atom stereocenters. The van der Waals surface area contributed by atoms with Gasteiger partial charge in [0.05, 0.1) is 0 Å². The van der Waals surface area contributed by atoms with Gasteiger partial charge in [-0.25, -0.2) is 0 Å². The second-order valence-electron chi connectivity index (χ2n) is 6.22. The van der Waals surface area contributed by atoms with Gasteiger partial charge in [-0.05, 0) is 37.3 Å². The van der Waals surface area contributed by atoms with Crippen molar-refractivity contribution in [2.24, 2.45) is 11.3 Å². The first-order valence-electron chi connectivity index (χ1n) is 7.59. The monoisotopic (exact) mass is 288 g/mol. The standard InChI is InChI=1S/C17H24N2O2/c1-13(2)9-12-18-15(20)17(10-11-17)16(21)19(3)14-7-5-4-6-8-14/h4-8,13H,9-12H2,1-3H3,(H,18,20). The van der Waals surface area contributed by atoms with Crippen molar-refractivity contribution in [2.45, 2.75) is 33.1 Å². The molecule has 114 valence electrons. The molecule has 21 heavy (non-hydrogen) atoms. The molecule has 0 aliphatic heterocycles. The van der Waals surface area contributed by atoms with Crippen LogP contribution in [-0.4, -0.2) is 25.4 Å². The van der Waals surface area contributed by atoms with Crippen molar-refractivity contribution in [1.82, 2.24) is 5.32 Å². The molecular weight excluding hydrogens is 264 g/mol. The number of carbonyl (C=O) groups excluding carboxylic acids is 2. The van der Waals surface area contributed by atoms with E-state index in [1.165, 1.54) is 0 Å². The van der Waals surface area contributed by atoms with Crippen LogP contribution in [0.25, 0.3) is 0 Å². The molecule has 0 radical (unpaired) electrons. The topological polar surface area (TPSA) is 49.4 Å². The molecule has 1 saturated carbocycles. The molecule has 1 aliphatic carbocycles. The molecule has 0 heterocycles. The normalized spacial score (nSPS) is 15.6. The number of hydrogen-bond donors (Lipinski definition) is 1. The summed E-state index contributed by atoms with van der Waals surface area (Å²) in [6.45, 7) is 4.88. The third kappa shape index (κ3) is 3.43. The highest BCUT2D eigenvalue weighted by Crippen LogP contribution is 2.47. The first-order valence-corrected chi connectivity index (χ1v) is 7.59. The van der Waals surface area contributed by atoms with Crippen molar-refractivity contribution in [3.8, 4) is 0 Å². The lowest BCUT2D eigenvalue weighted by atomic mass is 10.0. The van der Waals surface area contributed by atoms with Gasteiger partial charge < -0.3 is 10.2 Å². The Labute approximate surface area is 126 Å². The van der Waals surface area contributed by atoms with E-state index in [9.17, 15) is 9.59 Å². The molecule has 0 aromatic heterocycles. The maximum absolute atomic E-state index is 12.6. The van der Waals surface area contributed by atoms with Crippen molar-refractivity contribution >= 4 is 17.5 Å². The SMILES string of the molecule is CC(C)CCNC(=O)C1(C(=O)N(C)c2ccccc2)CC1. The van der Waals surface area contributed by atoms with Crippen LogP contribution >= 0.6 is 0 Å². The zero-order chi connectivity index (χ0) is 15.5. The number of benzene rings is 1. The Morgan fingerprint density at radius 3 is 2.38 bits per heavy atom. The van der Waals surface area contributed by atoms with Gasteiger partial charge in [0.2, 0.25) is 11.8 Å². The molecule has 4 heteroatoms. The number of carbonyl (C=O) groups is 2. The predicted molar refractivity (Wildman–Crippen MR) is 84.0 cm³/mol. The van der Waals surface area contributed by atoms with Crippen molar-refractivity contribution < 1.29 is 9.59 Å². The van der Waals surface area contributed by atoms with Crippen LogP contribution in [0.15, 0.2) is 30.3 Å². The van der Waals surface area contributed by atoms with Crippen LogP contribution < -0.4 is 10.2 Å². The lowest BCUT2D eigenvalue weighted by molar-refractivity contribution is -0.135. The second-order valence-corrected chi connectivity index (χ2v) is 6.22. The van der Waals surface area contributed by atoms with Gasteiger partial charge >= 0.3 is 0 Å². The number of hydrogen-bond acceptors (Lipinski definition) is 2. The van der Waals surface area contributed by atoms with E-state index < -0.39 is 5.41 Å². The predicted octanol–water partition coefficient (Wildman–Crippen LogP) is 2.59. The smallest absolute Gasteiger partial charge is 0.242 e. The van der Waals surface area contributed by atoms with E-state index in [1.807, 2.05) is 30.3 Å². The van der Waals surface area contributed by atoms with Gasteiger partial charge in [-0.3, -0.25) is 9.59 Å². The van der Waals surface area contributed by atoms with Gasteiger partial charge in [-0.15, -0.1) is 0 Å². The lowest BCUT2D eigenvalue weighted by Crippen LogP contribution is -2.44. The Bertz CT molecular complexity index is 507. The number of rotatable bonds is 6. The Morgan fingerprint density at radius 1 is 1.24 bits per heavy atom. The van der Waals surface area contributed by atoms with Crippen molar-refractivity contribution in [1.29, 1.82) is 0 Å². The fourth-order valence-corrected chi connectivity index (χ4v) is 2.40. The molecule has 0 bridgehead atoms. The van der Waals surface area contributed by atoms with Gasteiger partial charge in [0.25, 0.3) is 0 Å². The number of para-hydroxylation sites is 1. The average molecular weight is 288 g/mol. The minimum atomic E-state index is -0.832. The zero-order valence-corrected chi connectivity index (χ0v) is 13.1. The summed E-state index contributed by atoms with van der Waals surface area (Å²) in [7, 11) is 1.74. The summed E-state index contributed by atoms with van der Waals surface area (Å²) in [5.41, 5.74) is -0.00885. The van der Waals surface area contributed by atoms with Crippen LogP contribution in [0, 0.1) is 11.3 Å². The molecular formula is C17H24N2O2. The summed E-state index contributed by atoms with van der Waals surface area (Å²) in [4.78, 5) is 26.6. The zero-order valence-electron chi connectivity index (χ0n) is 13.1. The van der Waals surface area contributed by atoms with Gasteiger partial charge in [0.15, 0.2) is 0 Å². The van der Waals surface area contributed by atoms with Gasteiger partial charge in [-0.1, -0.05) is 32.0 Å². The third-order valence-electron chi connectivity index (χ3n) is 4.05. The van der Waals surface area contributed by atoms with Crippen molar-refractivity contribution in [3.05, 3.63) is 30.3 Å². The molecule has 2 rings (SSSR count). The lowest BCUT2D eigenvalue weighted by Gasteiger charge is -2.23.